The third kappa shape index (κ3) is 1.82. The summed E-state index contributed by atoms with van der Waals surface area (Å²) in [5.41, 5.74) is 1.36. The molecular formula is C12H18N2O. The van der Waals surface area contributed by atoms with Crippen LogP contribution in [0.15, 0.2) is 18.5 Å². The van der Waals surface area contributed by atoms with Crippen LogP contribution in [0.3, 0.4) is 0 Å². The summed E-state index contributed by atoms with van der Waals surface area (Å²) in [6.07, 6.45) is 9.01. The van der Waals surface area contributed by atoms with Gasteiger partial charge in [0.1, 0.15) is 0 Å². The van der Waals surface area contributed by atoms with Gasteiger partial charge in [-0.2, -0.15) is 0 Å². The molecule has 0 aromatic carbocycles. The molecule has 2 bridgehead atoms. The first-order valence-corrected chi connectivity index (χ1v) is 5.81. The first-order valence-electron chi connectivity index (χ1n) is 5.81. The lowest BCUT2D eigenvalue weighted by Gasteiger charge is -2.19. The van der Waals surface area contributed by atoms with E-state index in [2.05, 4.69) is 35.4 Å². The molecule has 1 N–H and O–H groups in total. The highest BCUT2D eigenvalue weighted by Gasteiger charge is 2.40. The van der Waals surface area contributed by atoms with Gasteiger partial charge in [-0.05, 0) is 30.9 Å². The second-order valence-electron chi connectivity index (χ2n) is 4.78. The molecule has 0 spiro atoms. The Kier molecular flexibility index (Phi) is 2.29. The highest BCUT2D eigenvalue weighted by Crippen LogP contribution is 2.34. The quantitative estimate of drug-likeness (QED) is 0.809. The Labute approximate surface area is 90.4 Å². The molecule has 0 radical (unpaired) electrons. The molecule has 3 rings (SSSR count). The van der Waals surface area contributed by atoms with E-state index in [1.807, 2.05) is 0 Å². The molecule has 3 nitrogen and oxygen atoms in total. The van der Waals surface area contributed by atoms with Crippen molar-refractivity contribution >= 4 is 0 Å². The van der Waals surface area contributed by atoms with Gasteiger partial charge >= 0.3 is 0 Å². The third-order valence-corrected chi connectivity index (χ3v) is 3.57. The van der Waals surface area contributed by atoms with Crippen LogP contribution in [0.2, 0.25) is 0 Å². The lowest BCUT2D eigenvalue weighted by Crippen LogP contribution is -2.36. The van der Waals surface area contributed by atoms with Gasteiger partial charge in [-0.25, -0.2) is 0 Å². The van der Waals surface area contributed by atoms with Gasteiger partial charge in [0.15, 0.2) is 0 Å². The maximum absolute atomic E-state index is 5.81. The van der Waals surface area contributed by atoms with Crippen molar-refractivity contribution in [2.45, 2.75) is 44.1 Å². The second kappa shape index (κ2) is 3.65. The topological polar surface area (TPSA) is 26.2 Å². The largest absolute Gasteiger partial charge is 0.373 e. The second-order valence-corrected chi connectivity index (χ2v) is 4.78. The zero-order chi connectivity index (χ0) is 10.3. The first kappa shape index (κ1) is 9.43. The number of fused-ring (bicyclic) bond motifs is 2. The maximum Gasteiger partial charge on any atom is 0.0733 e. The number of aryl methyl sites for hydroxylation is 1. The monoisotopic (exact) mass is 206 g/mol. The molecule has 3 unspecified atom stereocenters. The highest BCUT2D eigenvalue weighted by atomic mass is 16.5. The fourth-order valence-electron chi connectivity index (χ4n) is 2.77. The summed E-state index contributed by atoms with van der Waals surface area (Å²) >= 11 is 0. The smallest absolute Gasteiger partial charge is 0.0733 e. The number of aromatic nitrogens is 1. The van der Waals surface area contributed by atoms with Gasteiger partial charge < -0.3 is 14.6 Å². The van der Waals surface area contributed by atoms with Crippen LogP contribution in [-0.4, -0.2) is 22.8 Å². The van der Waals surface area contributed by atoms with Crippen LogP contribution in [0, 0.1) is 0 Å². The Bertz CT molecular complexity index is 347. The van der Waals surface area contributed by atoms with Gasteiger partial charge in [-0.15, -0.1) is 0 Å². The molecule has 15 heavy (non-hydrogen) atoms. The molecule has 2 fully saturated rings. The van der Waals surface area contributed by atoms with Gasteiger partial charge in [-0.3, -0.25) is 0 Å². The highest BCUT2D eigenvalue weighted by molar-refractivity contribution is 5.10. The average molecular weight is 206 g/mol. The molecule has 2 aliphatic heterocycles. The van der Waals surface area contributed by atoms with Crippen molar-refractivity contribution in [1.82, 2.24) is 9.88 Å². The molecule has 0 amide bonds. The van der Waals surface area contributed by atoms with E-state index in [1.165, 1.54) is 24.8 Å². The number of ether oxygens (including phenoxy) is 1. The number of rotatable bonds is 3. The summed E-state index contributed by atoms with van der Waals surface area (Å²) in [6, 6.07) is 2.75. The van der Waals surface area contributed by atoms with Crippen LogP contribution in [-0.2, 0) is 18.3 Å². The van der Waals surface area contributed by atoms with Gasteiger partial charge in [0.25, 0.3) is 0 Å². The normalized spacial score (nSPS) is 33.8. The van der Waals surface area contributed by atoms with E-state index < -0.39 is 0 Å². The molecule has 3 atom stereocenters. The first-order chi connectivity index (χ1) is 7.31. The molecule has 3 heteroatoms. The van der Waals surface area contributed by atoms with Crippen molar-refractivity contribution in [3.63, 3.8) is 0 Å². The summed E-state index contributed by atoms with van der Waals surface area (Å²) in [5.74, 6) is 0. The molecule has 0 aliphatic carbocycles. The lowest BCUT2D eigenvalue weighted by molar-refractivity contribution is 0.0973. The van der Waals surface area contributed by atoms with Crippen molar-refractivity contribution in [3.05, 3.63) is 24.0 Å². The minimum atomic E-state index is 0.485. The molecule has 1 aromatic heterocycles. The van der Waals surface area contributed by atoms with Gasteiger partial charge in [0, 0.05) is 32.0 Å². The van der Waals surface area contributed by atoms with Crippen LogP contribution >= 0.6 is 0 Å². The zero-order valence-electron chi connectivity index (χ0n) is 9.15. The van der Waals surface area contributed by atoms with Gasteiger partial charge in [0.2, 0.25) is 0 Å². The van der Waals surface area contributed by atoms with Gasteiger partial charge in [0.05, 0.1) is 12.2 Å². The number of nitrogens with zero attached hydrogens (tertiary/aromatic N) is 1. The molecule has 0 saturated carbocycles. The van der Waals surface area contributed by atoms with Crippen LogP contribution in [0.4, 0.5) is 0 Å². The predicted molar refractivity (Wildman–Crippen MR) is 58.6 cm³/mol. The van der Waals surface area contributed by atoms with E-state index in [1.54, 1.807) is 0 Å². The van der Waals surface area contributed by atoms with Crippen molar-refractivity contribution in [2.24, 2.45) is 7.05 Å². The van der Waals surface area contributed by atoms with Crippen molar-refractivity contribution in [2.75, 3.05) is 0 Å². The predicted octanol–water partition coefficient (Wildman–Crippen LogP) is 1.43. The van der Waals surface area contributed by atoms with Crippen LogP contribution in [0.25, 0.3) is 0 Å². The molecule has 1 aromatic rings. The number of hydrogen-bond donors (Lipinski definition) is 1. The molecule has 2 saturated heterocycles. The molecular weight excluding hydrogens is 188 g/mol. The van der Waals surface area contributed by atoms with Crippen molar-refractivity contribution in [3.8, 4) is 0 Å². The van der Waals surface area contributed by atoms with E-state index in [9.17, 15) is 0 Å². The Morgan fingerprint density at radius 2 is 2.47 bits per heavy atom. The molecule has 3 heterocycles. The molecule has 2 aliphatic rings. The third-order valence-electron chi connectivity index (χ3n) is 3.57. The Morgan fingerprint density at radius 3 is 3.07 bits per heavy atom. The lowest BCUT2D eigenvalue weighted by atomic mass is 9.95. The summed E-state index contributed by atoms with van der Waals surface area (Å²) in [5, 5.41) is 3.60. The zero-order valence-corrected chi connectivity index (χ0v) is 9.15. The fraction of sp³-hybridized carbons (Fsp3) is 0.667. The summed E-state index contributed by atoms with van der Waals surface area (Å²) in [7, 11) is 2.06. The van der Waals surface area contributed by atoms with E-state index in [4.69, 9.17) is 4.74 Å². The minimum Gasteiger partial charge on any atom is -0.373 e. The van der Waals surface area contributed by atoms with E-state index >= 15 is 0 Å². The SMILES string of the molecule is Cn1ccc(CNC2CC3CCC2O3)c1. The Morgan fingerprint density at radius 1 is 1.53 bits per heavy atom. The summed E-state index contributed by atoms with van der Waals surface area (Å²) in [6.45, 7) is 0.970. The minimum absolute atomic E-state index is 0.485. The van der Waals surface area contributed by atoms with Crippen LogP contribution in [0.1, 0.15) is 24.8 Å². The Hall–Kier alpha value is -0.800. The summed E-state index contributed by atoms with van der Waals surface area (Å²) in [4.78, 5) is 0. The number of hydrogen-bond acceptors (Lipinski definition) is 2. The van der Waals surface area contributed by atoms with Crippen molar-refractivity contribution in [1.29, 1.82) is 0 Å². The Balaban J connectivity index is 1.54. The average Bonchev–Trinajstić information content (AvgIpc) is 2.90. The van der Waals surface area contributed by atoms with E-state index in [-0.39, 0.29) is 0 Å². The fourth-order valence-corrected chi connectivity index (χ4v) is 2.77. The molecule has 82 valence electrons. The van der Waals surface area contributed by atoms with Gasteiger partial charge in [-0.1, -0.05) is 0 Å². The van der Waals surface area contributed by atoms with E-state index in [0.29, 0.717) is 18.2 Å². The van der Waals surface area contributed by atoms with Crippen molar-refractivity contribution < 1.29 is 4.74 Å². The van der Waals surface area contributed by atoms with Crippen LogP contribution < -0.4 is 5.32 Å². The van der Waals surface area contributed by atoms with Crippen LogP contribution in [0.5, 0.6) is 0 Å². The number of nitrogens with one attached hydrogen (secondary N) is 1. The van der Waals surface area contributed by atoms with E-state index in [0.717, 1.165) is 6.54 Å². The standard InChI is InChI=1S/C12H18N2O/c1-14-5-4-9(8-14)7-13-11-6-10-2-3-12(11)15-10/h4-5,8,10-13H,2-3,6-7H2,1H3. The maximum atomic E-state index is 5.81. The summed E-state index contributed by atoms with van der Waals surface area (Å²) < 4.78 is 7.90.